The predicted octanol–water partition coefficient (Wildman–Crippen LogP) is 4.55. The van der Waals surface area contributed by atoms with Gasteiger partial charge in [-0.15, -0.1) is 11.3 Å². The van der Waals surface area contributed by atoms with E-state index in [0.29, 0.717) is 0 Å². The minimum Gasteiger partial charge on any atom is -0.497 e. The average Bonchev–Trinajstić information content (AvgIpc) is 3.09. The summed E-state index contributed by atoms with van der Waals surface area (Å²) in [6.07, 6.45) is 0. The topological polar surface area (TPSA) is 22.1 Å². The Morgan fingerprint density at radius 1 is 1.00 bits per heavy atom. The first kappa shape index (κ1) is 11.4. The zero-order valence-electron chi connectivity index (χ0n) is 9.79. The van der Waals surface area contributed by atoms with Crippen molar-refractivity contribution in [1.29, 1.82) is 0 Å². The second-order valence-corrected chi connectivity index (χ2v) is 5.42. The van der Waals surface area contributed by atoms with Crippen LogP contribution in [0.3, 0.4) is 0 Å². The highest BCUT2D eigenvalue weighted by Crippen LogP contribution is 2.30. The molecule has 0 spiro atoms. The van der Waals surface area contributed by atoms with Gasteiger partial charge in [0, 0.05) is 21.9 Å². The molecule has 0 aliphatic heterocycles. The van der Waals surface area contributed by atoms with E-state index in [1.54, 1.807) is 29.8 Å². The third kappa shape index (κ3) is 2.17. The zero-order valence-corrected chi connectivity index (χ0v) is 11.4. The Morgan fingerprint density at radius 3 is 2.50 bits per heavy atom. The largest absolute Gasteiger partial charge is 0.497 e. The lowest BCUT2D eigenvalue weighted by molar-refractivity contribution is 0.415. The fraction of sp³-hybridized carbons (Fsp3) is 0.0714. The number of hydrogen-bond donors (Lipinski definition) is 0. The van der Waals surface area contributed by atoms with Crippen molar-refractivity contribution in [3.8, 4) is 27.6 Å². The van der Waals surface area contributed by atoms with Crippen LogP contribution in [0.4, 0.5) is 0 Å². The lowest BCUT2D eigenvalue weighted by Crippen LogP contribution is -1.82. The SMILES string of the molecule is COc1ccc(-c2nc(-c3ccsc3)cs2)cc1. The summed E-state index contributed by atoms with van der Waals surface area (Å²) in [4.78, 5) is 4.66. The number of aromatic nitrogens is 1. The van der Waals surface area contributed by atoms with Crippen molar-refractivity contribution in [2.75, 3.05) is 7.11 Å². The van der Waals surface area contributed by atoms with Crippen LogP contribution in [0.2, 0.25) is 0 Å². The van der Waals surface area contributed by atoms with Crippen molar-refractivity contribution in [2.24, 2.45) is 0 Å². The first-order chi connectivity index (χ1) is 8.86. The lowest BCUT2D eigenvalue weighted by Gasteiger charge is -2.00. The van der Waals surface area contributed by atoms with Gasteiger partial charge >= 0.3 is 0 Å². The Morgan fingerprint density at radius 2 is 1.83 bits per heavy atom. The van der Waals surface area contributed by atoms with E-state index < -0.39 is 0 Å². The normalized spacial score (nSPS) is 10.5. The molecule has 0 N–H and O–H groups in total. The number of methoxy groups -OCH3 is 1. The van der Waals surface area contributed by atoms with Crippen molar-refractivity contribution in [3.05, 3.63) is 46.5 Å². The minimum absolute atomic E-state index is 0.869. The fourth-order valence-electron chi connectivity index (χ4n) is 1.68. The summed E-state index contributed by atoms with van der Waals surface area (Å²) in [5.74, 6) is 0.869. The van der Waals surface area contributed by atoms with E-state index in [9.17, 15) is 0 Å². The minimum atomic E-state index is 0.869. The molecule has 0 radical (unpaired) electrons. The Kier molecular flexibility index (Phi) is 3.13. The van der Waals surface area contributed by atoms with Crippen molar-refractivity contribution < 1.29 is 4.74 Å². The Hall–Kier alpha value is -1.65. The molecule has 4 heteroatoms. The highest BCUT2D eigenvalue weighted by atomic mass is 32.1. The molecule has 2 aromatic heterocycles. The van der Waals surface area contributed by atoms with Gasteiger partial charge in [-0.1, -0.05) is 0 Å². The maximum Gasteiger partial charge on any atom is 0.124 e. The molecule has 3 rings (SSSR count). The Labute approximate surface area is 114 Å². The van der Waals surface area contributed by atoms with Crippen LogP contribution in [0.25, 0.3) is 21.8 Å². The third-order valence-electron chi connectivity index (χ3n) is 2.66. The Bertz CT molecular complexity index is 626. The average molecular weight is 273 g/mol. The van der Waals surface area contributed by atoms with E-state index in [1.807, 2.05) is 24.3 Å². The fourth-order valence-corrected chi connectivity index (χ4v) is 3.17. The first-order valence-electron chi connectivity index (χ1n) is 5.49. The predicted molar refractivity (Wildman–Crippen MR) is 77.4 cm³/mol. The van der Waals surface area contributed by atoms with Gasteiger partial charge in [0.25, 0.3) is 0 Å². The first-order valence-corrected chi connectivity index (χ1v) is 7.31. The maximum atomic E-state index is 5.15. The van der Waals surface area contributed by atoms with Crippen LogP contribution < -0.4 is 4.74 Å². The summed E-state index contributed by atoms with van der Waals surface area (Å²) >= 11 is 3.36. The molecule has 0 saturated heterocycles. The van der Waals surface area contributed by atoms with Gasteiger partial charge in [-0.3, -0.25) is 0 Å². The van der Waals surface area contributed by atoms with Crippen molar-refractivity contribution in [3.63, 3.8) is 0 Å². The van der Waals surface area contributed by atoms with Gasteiger partial charge in [0.15, 0.2) is 0 Å². The second kappa shape index (κ2) is 4.92. The maximum absolute atomic E-state index is 5.15. The van der Waals surface area contributed by atoms with Gasteiger partial charge in [0.05, 0.1) is 12.8 Å². The molecule has 2 nitrogen and oxygen atoms in total. The molecule has 0 fully saturated rings. The molecule has 18 heavy (non-hydrogen) atoms. The summed E-state index contributed by atoms with van der Waals surface area (Å²) in [5.41, 5.74) is 3.37. The number of rotatable bonds is 3. The van der Waals surface area contributed by atoms with Gasteiger partial charge in [0.1, 0.15) is 10.8 Å². The lowest BCUT2D eigenvalue weighted by atomic mass is 10.2. The number of thiophene rings is 1. The monoisotopic (exact) mass is 273 g/mol. The molecule has 90 valence electrons. The van der Waals surface area contributed by atoms with E-state index >= 15 is 0 Å². The van der Waals surface area contributed by atoms with E-state index in [-0.39, 0.29) is 0 Å². The molecular weight excluding hydrogens is 262 g/mol. The second-order valence-electron chi connectivity index (χ2n) is 3.78. The van der Waals surface area contributed by atoms with Crippen LogP contribution in [0.5, 0.6) is 5.75 Å². The molecule has 0 bridgehead atoms. The zero-order chi connectivity index (χ0) is 12.4. The summed E-state index contributed by atoms with van der Waals surface area (Å²) in [5, 5.41) is 7.33. The van der Waals surface area contributed by atoms with Crippen molar-refractivity contribution in [1.82, 2.24) is 4.98 Å². The van der Waals surface area contributed by atoms with Crippen LogP contribution >= 0.6 is 22.7 Å². The molecule has 0 aliphatic rings. The van der Waals surface area contributed by atoms with Gasteiger partial charge < -0.3 is 4.74 Å². The third-order valence-corrected chi connectivity index (χ3v) is 4.23. The van der Waals surface area contributed by atoms with Gasteiger partial charge in [-0.05, 0) is 35.7 Å². The van der Waals surface area contributed by atoms with E-state index in [4.69, 9.17) is 4.74 Å². The molecule has 1 aromatic carbocycles. The van der Waals surface area contributed by atoms with Gasteiger partial charge in [-0.25, -0.2) is 4.98 Å². The summed E-state index contributed by atoms with van der Waals surface area (Å²) in [6, 6.07) is 10.1. The highest BCUT2D eigenvalue weighted by Gasteiger charge is 2.06. The molecule has 0 aliphatic carbocycles. The molecule has 2 heterocycles. The molecule has 0 amide bonds. The molecule has 3 aromatic rings. The van der Waals surface area contributed by atoms with Crippen LogP contribution in [-0.2, 0) is 0 Å². The van der Waals surface area contributed by atoms with E-state index in [2.05, 4.69) is 27.2 Å². The molecular formula is C14H11NOS2. The number of thiazole rings is 1. The van der Waals surface area contributed by atoms with Crippen LogP contribution in [0.15, 0.2) is 46.5 Å². The van der Waals surface area contributed by atoms with E-state index in [1.165, 1.54) is 5.56 Å². The van der Waals surface area contributed by atoms with Crippen LogP contribution in [0.1, 0.15) is 0 Å². The smallest absolute Gasteiger partial charge is 0.124 e. The number of benzene rings is 1. The Balaban J connectivity index is 1.92. The highest BCUT2D eigenvalue weighted by molar-refractivity contribution is 7.13. The number of nitrogens with zero attached hydrogens (tertiary/aromatic N) is 1. The summed E-state index contributed by atoms with van der Waals surface area (Å²) in [6.45, 7) is 0. The van der Waals surface area contributed by atoms with E-state index in [0.717, 1.165) is 22.0 Å². The molecule has 0 saturated carbocycles. The quantitative estimate of drug-likeness (QED) is 0.698. The van der Waals surface area contributed by atoms with Crippen LogP contribution in [-0.4, -0.2) is 12.1 Å². The molecule has 0 unspecified atom stereocenters. The molecule has 0 atom stereocenters. The van der Waals surface area contributed by atoms with Gasteiger partial charge in [0.2, 0.25) is 0 Å². The summed E-state index contributed by atoms with van der Waals surface area (Å²) < 4.78 is 5.15. The number of hydrogen-bond acceptors (Lipinski definition) is 4. The van der Waals surface area contributed by atoms with Crippen molar-refractivity contribution in [2.45, 2.75) is 0 Å². The number of ether oxygens (including phenoxy) is 1. The van der Waals surface area contributed by atoms with Crippen LogP contribution in [0, 0.1) is 0 Å². The van der Waals surface area contributed by atoms with Gasteiger partial charge in [-0.2, -0.15) is 11.3 Å². The standard InChI is InChI=1S/C14H11NOS2/c1-16-12-4-2-10(3-5-12)14-15-13(9-18-14)11-6-7-17-8-11/h2-9H,1H3. The summed E-state index contributed by atoms with van der Waals surface area (Å²) in [7, 11) is 1.67. The van der Waals surface area contributed by atoms with Crippen molar-refractivity contribution >= 4 is 22.7 Å².